The number of hydrogen-bond acceptors (Lipinski definition) is 5. The van der Waals surface area contributed by atoms with Crippen LogP contribution in [0.5, 0.6) is 0 Å². The summed E-state index contributed by atoms with van der Waals surface area (Å²) in [5.41, 5.74) is 1.33. The first-order chi connectivity index (χ1) is 14.9. The van der Waals surface area contributed by atoms with Crippen molar-refractivity contribution in [1.82, 2.24) is 19.6 Å². The molecule has 1 fully saturated rings. The molecular weight excluding hydrogens is 396 g/mol. The van der Waals surface area contributed by atoms with Gasteiger partial charge in [-0.05, 0) is 18.9 Å². The summed E-state index contributed by atoms with van der Waals surface area (Å²) < 4.78 is 1.62. The Labute approximate surface area is 180 Å². The zero-order valence-corrected chi connectivity index (χ0v) is 17.8. The molecule has 1 unspecified atom stereocenters. The number of carbonyl (C=O) groups is 3. The van der Waals surface area contributed by atoms with Crippen LogP contribution in [0.3, 0.4) is 0 Å². The van der Waals surface area contributed by atoms with Gasteiger partial charge >= 0.3 is 6.03 Å². The number of urea groups is 1. The number of carbonyl (C=O) groups excluding carboxylic acids is 3. The number of rotatable bonds is 5. The number of piperidine rings is 1. The highest BCUT2D eigenvalue weighted by Gasteiger charge is 2.30. The lowest BCUT2D eigenvalue weighted by molar-refractivity contribution is -0.118. The van der Waals surface area contributed by atoms with E-state index >= 15 is 0 Å². The lowest BCUT2D eigenvalue weighted by atomic mass is 9.90. The molecule has 0 bridgehead atoms. The summed E-state index contributed by atoms with van der Waals surface area (Å²) in [6, 6.07) is -0.0824. The van der Waals surface area contributed by atoms with Crippen molar-refractivity contribution in [2.75, 3.05) is 26.7 Å². The van der Waals surface area contributed by atoms with Gasteiger partial charge in [-0.2, -0.15) is 10.1 Å². The molecule has 2 aliphatic heterocycles. The Morgan fingerprint density at radius 2 is 1.97 bits per heavy atom. The van der Waals surface area contributed by atoms with Crippen molar-refractivity contribution in [1.29, 1.82) is 0 Å². The highest BCUT2D eigenvalue weighted by Crippen LogP contribution is 2.22. The summed E-state index contributed by atoms with van der Waals surface area (Å²) in [5.74, 6) is -0.129. The van der Waals surface area contributed by atoms with E-state index in [4.69, 9.17) is 0 Å². The van der Waals surface area contributed by atoms with Crippen molar-refractivity contribution < 1.29 is 14.4 Å². The maximum absolute atomic E-state index is 12.8. The molecule has 1 atom stereocenters. The number of hydrogen-bond donors (Lipinski definition) is 0. The van der Waals surface area contributed by atoms with Crippen molar-refractivity contribution in [2.24, 2.45) is 28.9 Å². The number of amides is 3. The van der Waals surface area contributed by atoms with E-state index in [0.29, 0.717) is 56.0 Å². The number of amidine groups is 1. The minimum atomic E-state index is -0.385. The molecule has 9 heteroatoms. The van der Waals surface area contributed by atoms with Gasteiger partial charge in [-0.3, -0.25) is 14.3 Å². The molecule has 1 aromatic rings. The largest absolute Gasteiger partial charge is 0.327 e. The first-order valence-electron chi connectivity index (χ1n) is 10.5. The van der Waals surface area contributed by atoms with Crippen LogP contribution in [0.15, 0.2) is 46.7 Å². The van der Waals surface area contributed by atoms with Crippen molar-refractivity contribution >= 4 is 29.3 Å². The maximum atomic E-state index is 12.8. The van der Waals surface area contributed by atoms with Crippen LogP contribution >= 0.6 is 0 Å². The fourth-order valence-electron chi connectivity index (χ4n) is 4.05. The number of Topliss-reactive ketones (excluding diaryl/α,β-unsaturated/α-hetero) is 1. The van der Waals surface area contributed by atoms with Crippen LogP contribution in [-0.4, -0.2) is 75.5 Å². The molecule has 4 rings (SSSR count). The molecule has 3 heterocycles. The summed E-state index contributed by atoms with van der Waals surface area (Å²) in [7, 11) is 3.52. The Bertz CT molecular complexity index is 1010. The fraction of sp³-hybridized carbons (Fsp3) is 0.455. The van der Waals surface area contributed by atoms with E-state index in [1.807, 2.05) is 18.2 Å². The summed E-state index contributed by atoms with van der Waals surface area (Å²) in [4.78, 5) is 49.5. The minimum absolute atomic E-state index is 0.0810. The number of aryl methyl sites for hydroxylation is 1. The SMILES string of the molecule is CN(CCC1=NC(=O)C2C=CC=CC2=N1)C(=O)N1CCC(C(=O)c2cnn(C)c2)CC1. The van der Waals surface area contributed by atoms with Crippen LogP contribution in [0.25, 0.3) is 0 Å². The van der Waals surface area contributed by atoms with Crippen LogP contribution in [0.1, 0.15) is 29.6 Å². The molecule has 0 radical (unpaired) electrons. The molecule has 162 valence electrons. The highest BCUT2D eigenvalue weighted by atomic mass is 16.2. The second-order valence-corrected chi connectivity index (χ2v) is 8.11. The number of nitrogens with zero attached hydrogens (tertiary/aromatic N) is 6. The quantitative estimate of drug-likeness (QED) is 0.676. The second-order valence-electron chi connectivity index (χ2n) is 8.11. The summed E-state index contributed by atoms with van der Waals surface area (Å²) in [6.07, 6.45) is 12.3. The third-order valence-electron chi connectivity index (χ3n) is 5.89. The second kappa shape index (κ2) is 8.79. The Morgan fingerprint density at radius 1 is 1.19 bits per heavy atom. The predicted octanol–water partition coefficient (Wildman–Crippen LogP) is 1.88. The topological polar surface area (TPSA) is 100 Å². The van der Waals surface area contributed by atoms with E-state index in [2.05, 4.69) is 15.1 Å². The van der Waals surface area contributed by atoms with Gasteiger partial charge in [-0.15, -0.1) is 0 Å². The Balaban J connectivity index is 1.27. The summed E-state index contributed by atoms with van der Waals surface area (Å²) in [6.45, 7) is 1.50. The van der Waals surface area contributed by atoms with Crippen LogP contribution in [0, 0.1) is 11.8 Å². The first kappa shape index (κ1) is 20.9. The molecule has 0 aromatic carbocycles. The molecule has 3 amide bonds. The van der Waals surface area contributed by atoms with E-state index < -0.39 is 0 Å². The lowest BCUT2D eigenvalue weighted by Crippen LogP contribution is -2.46. The van der Waals surface area contributed by atoms with Gasteiger partial charge in [0.15, 0.2) is 5.78 Å². The number of likely N-dealkylation sites (tertiary alicyclic amines) is 1. The molecule has 0 spiro atoms. The predicted molar refractivity (Wildman–Crippen MR) is 116 cm³/mol. The van der Waals surface area contributed by atoms with Gasteiger partial charge in [0.05, 0.1) is 17.5 Å². The summed E-state index contributed by atoms with van der Waals surface area (Å²) >= 11 is 0. The van der Waals surface area contributed by atoms with Gasteiger partial charge in [-0.25, -0.2) is 9.79 Å². The van der Waals surface area contributed by atoms with Crippen LogP contribution in [0.4, 0.5) is 4.79 Å². The van der Waals surface area contributed by atoms with Crippen LogP contribution in [0.2, 0.25) is 0 Å². The van der Waals surface area contributed by atoms with E-state index in [1.54, 1.807) is 47.0 Å². The van der Waals surface area contributed by atoms with Gasteiger partial charge in [0.25, 0.3) is 5.91 Å². The Morgan fingerprint density at radius 3 is 2.68 bits per heavy atom. The van der Waals surface area contributed by atoms with Crippen LogP contribution in [-0.2, 0) is 11.8 Å². The molecule has 0 saturated carbocycles. The van der Waals surface area contributed by atoms with Crippen molar-refractivity contribution in [2.45, 2.75) is 19.3 Å². The lowest BCUT2D eigenvalue weighted by Gasteiger charge is -2.34. The minimum Gasteiger partial charge on any atom is -0.327 e. The number of aromatic nitrogens is 2. The zero-order chi connectivity index (χ0) is 22.0. The number of fused-ring (bicyclic) bond motifs is 1. The van der Waals surface area contributed by atoms with E-state index in [9.17, 15) is 14.4 Å². The van der Waals surface area contributed by atoms with Gasteiger partial charge in [0.1, 0.15) is 11.8 Å². The molecular formula is C22H26N6O3. The number of ketones is 1. The standard InChI is InChI=1S/C22H26N6O3/c1-26(10-9-19-24-18-6-4-3-5-17(18)21(30)25-19)22(31)28-11-7-15(8-12-28)20(29)16-13-23-27(2)14-16/h3-6,13-15,17H,7-12H2,1-2H3. The molecule has 0 N–H and O–H groups in total. The van der Waals surface area contributed by atoms with E-state index in [0.717, 1.165) is 0 Å². The Kier molecular flexibility index (Phi) is 5.92. The molecule has 1 aliphatic carbocycles. The third kappa shape index (κ3) is 4.55. The van der Waals surface area contributed by atoms with Gasteiger partial charge in [0, 0.05) is 52.3 Å². The average molecular weight is 422 g/mol. The fourth-order valence-corrected chi connectivity index (χ4v) is 4.05. The zero-order valence-electron chi connectivity index (χ0n) is 17.8. The molecule has 1 aromatic heterocycles. The van der Waals surface area contributed by atoms with Crippen molar-refractivity contribution in [3.63, 3.8) is 0 Å². The van der Waals surface area contributed by atoms with E-state index in [1.165, 1.54) is 0 Å². The van der Waals surface area contributed by atoms with Crippen molar-refractivity contribution in [3.05, 3.63) is 42.3 Å². The van der Waals surface area contributed by atoms with Gasteiger partial charge in [-0.1, -0.05) is 18.2 Å². The monoisotopic (exact) mass is 422 g/mol. The van der Waals surface area contributed by atoms with Crippen molar-refractivity contribution in [3.8, 4) is 0 Å². The van der Waals surface area contributed by atoms with Gasteiger partial charge < -0.3 is 9.80 Å². The molecule has 9 nitrogen and oxygen atoms in total. The first-order valence-corrected chi connectivity index (χ1v) is 10.5. The Hall–Kier alpha value is -3.36. The van der Waals surface area contributed by atoms with Crippen LogP contribution < -0.4 is 0 Å². The average Bonchev–Trinajstić information content (AvgIpc) is 3.23. The highest BCUT2D eigenvalue weighted by molar-refractivity contribution is 6.21. The molecule has 3 aliphatic rings. The molecule has 31 heavy (non-hydrogen) atoms. The maximum Gasteiger partial charge on any atom is 0.319 e. The smallest absolute Gasteiger partial charge is 0.319 e. The number of aliphatic imine (C=N–C) groups is 2. The summed E-state index contributed by atoms with van der Waals surface area (Å²) in [5, 5.41) is 4.06. The van der Waals surface area contributed by atoms with E-state index in [-0.39, 0.29) is 29.6 Å². The van der Waals surface area contributed by atoms with Gasteiger partial charge in [0.2, 0.25) is 0 Å². The normalized spacial score (nSPS) is 20.9. The number of allylic oxidation sites excluding steroid dienone is 3. The third-order valence-corrected chi connectivity index (χ3v) is 5.89. The molecule has 1 saturated heterocycles.